The van der Waals surface area contributed by atoms with E-state index in [0.29, 0.717) is 11.1 Å². The molecule has 2 atom stereocenters. The van der Waals surface area contributed by atoms with Crippen LogP contribution in [-0.2, 0) is 9.53 Å². The fraction of sp³-hybridized carbons (Fsp3) is 0.417. The summed E-state index contributed by atoms with van der Waals surface area (Å²) in [4.78, 5) is 11.3. The molecule has 4 nitrogen and oxygen atoms in total. The summed E-state index contributed by atoms with van der Waals surface area (Å²) in [5.74, 6) is -1.05. The van der Waals surface area contributed by atoms with Crippen LogP contribution in [-0.4, -0.2) is 23.7 Å². The molecule has 17 heavy (non-hydrogen) atoms. The second-order valence-corrected chi connectivity index (χ2v) is 3.73. The maximum Gasteiger partial charge on any atom is 0.325 e. The van der Waals surface area contributed by atoms with Gasteiger partial charge in [-0.25, -0.2) is 4.39 Å². The number of carbonyl (C=O) groups is 1. The zero-order valence-electron chi connectivity index (χ0n) is 9.81. The van der Waals surface area contributed by atoms with Crippen LogP contribution in [0.2, 0.25) is 0 Å². The molecule has 1 rings (SSSR count). The largest absolute Gasteiger partial charge is 0.465 e. The van der Waals surface area contributed by atoms with E-state index in [4.69, 9.17) is 10.5 Å². The number of aliphatic hydroxyl groups is 1. The first kappa shape index (κ1) is 13.6. The van der Waals surface area contributed by atoms with Gasteiger partial charge in [0.1, 0.15) is 18.0 Å². The number of carbonyl (C=O) groups excluding carboxylic acids is 1. The number of hydrogen-bond acceptors (Lipinski definition) is 4. The molecular formula is C12H16FNO3. The van der Waals surface area contributed by atoms with Gasteiger partial charge in [0.2, 0.25) is 0 Å². The Balaban J connectivity index is 2.84. The number of rotatable bonds is 4. The Kier molecular flexibility index (Phi) is 4.60. The molecule has 0 aliphatic heterocycles. The molecule has 3 N–H and O–H groups in total. The normalized spacial score (nSPS) is 14.2. The Labute approximate surface area is 99.2 Å². The minimum atomic E-state index is -1.20. The third-order valence-electron chi connectivity index (χ3n) is 2.42. The second-order valence-electron chi connectivity index (χ2n) is 3.73. The molecule has 0 bridgehead atoms. The summed E-state index contributed by atoms with van der Waals surface area (Å²) in [5, 5.41) is 9.85. The van der Waals surface area contributed by atoms with Gasteiger partial charge in [-0.2, -0.15) is 0 Å². The first-order chi connectivity index (χ1) is 7.97. The molecule has 0 fully saturated rings. The van der Waals surface area contributed by atoms with Crippen molar-refractivity contribution in [3.8, 4) is 0 Å². The summed E-state index contributed by atoms with van der Waals surface area (Å²) < 4.78 is 17.7. The van der Waals surface area contributed by atoms with Crippen molar-refractivity contribution in [1.82, 2.24) is 0 Å². The summed E-state index contributed by atoms with van der Waals surface area (Å²) >= 11 is 0. The number of hydrogen-bond donors (Lipinski definition) is 2. The van der Waals surface area contributed by atoms with Crippen LogP contribution in [0.4, 0.5) is 4.39 Å². The molecular weight excluding hydrogens is 225 g/mol. The van der Waals surface area contributed by atoms with Gasteiger partial charge in [0.05, 0.1) is 6.61 Å². The zero-order chi connectivity index (χ0) is 13.0. The van der Waals surface area contributed by atoms with Gasteiger partial charge < -0.3 is 15.6 Å². The van der Waals surface area contributed by atoms with E-state index in [-0.39, 0.29) is 12.4 Å². The highest BCUT2D eigenvalue weighted by molar-refractivity contribution is 5.76. The molecule has 5 heteroatoms. The van der Waals surface area contributed by atoms with Crippen molar-refractivity contribution in [2.45, 2.75) is 26.0 Å². The highest BCUT2D eigenvalue weighted by atomic mass is 19.1. The molecule has 0 spiro atoms. The van der Waals surface area contributed by atoms with E-state index < -0.39 is 18.1 Å². The quantitative estimate of drug-likeness (QED) is 0.773. The predicted octanol–water partition coefficient (Wildman–Crippen LogP) is 1.06. The maximum atomic E-state index is 13.0. The van der Waals surface area contributed by atoms with Gasteiger partial charge in [0.15, 0.2) is 0 Å². The summed E-state index contributed by atoms with van der Waals surface area (Å²) in [7, 11) is 0. The lowest BCUT2D eigenvalue weighted by molar-refractivity contribution is -0.147. The van der Waals surface area contributed by atoms with Crippen LogP contribution in [0.1, 0.15) is 24.2 Å². The van der Waals surface area contributed by atoms with Gasteiger partial charge >= 0.3 is 5.97 Å². The van der Waals surface area contributed by atoms with Crippen molar-refractivity contribution in [2.75, 3.05) is 6.61 Å². The van der Waals surface area contributed by atoms with E-state index >= 15 is 0 Å². The molecule has 1 aromatic rings. The summed E-state index contributed by atoms with van der Waals surface area (Å²) in [6, 6.07) is 2.91. The van der Waals surface area contributed by atoms with E-state index in [2.05, 4.69) is 0 Å². The monoisotopic (exact) mass is 241 g/mol. The Morgan fingerprint density at radius 1 is 1.59 bits per heavy atom. The van der Waals surface area contributed by atoms with Crippen molar-refractivity contribution in [3.05, 3.63) is 35.1 Å². The van der Waals surface area contributed by atoms with Gasteiger partial charge in [-0.15, -0.1) is 0 Å². The van der Waals surface area contributed by atoms with E-state index in [1.165, 1.54) is 18.2 Å². The van der Waals surface area contributed by atoms with Crippen molar-refractivity contribution >= 4 is 5.97 Å². The fourth-order valence-corrected chi connectivity index (χ4v) is 1.43. The highest BCUT2D eigenvalue weighted by Crippen LogP contribution is 2.19. The van der Waals surface area contributed by atoms with E-state index in [1.807, 2.05) is 0 Å². The minimum Gasteiger partial charge on any atom is -0.465 e. The summed E-state index contributed by atoms with van der Waals surface area (Å²) in [6.07, 6.45) is -1.20. The average molecular weight is 241 g/mol. The fourth-order valence-electron chi connectivity index (χ4n) is 1.43. The van der Waals surface area contributed by atoms with Crippen LogP contribution in [0.3, 0.4) is 0 Å². The van der Waals surface area contributed by atoms with Crippen molar-refractivity contribution in [2.24, 2.45) is 5.73 Å². The van der Waals surface area contributed by atoms with Gasteiger partial charge in [-0.3, -0.25) is 4.79 Å². The van der Waals surface area contributed by atoms with E-state index in [0.717, 1.165) is 0 Å². The average Bonchev–Trinajstić information content (AvgIpc) is 2.31. The SMILES string of the molecule is CCOC(=O)C(N)C(O)c1ccc(F)c(C)c1. The molecule has 1 aromatic carbocycles. The lowest BCUT2D eigenvalue weighted by Crippen LogP contribution is -2.38. The van der Waals surface area contributed by atoms with Crippen LogP contribution >= 0.6 is 0 Å². The lowest BCUT2D eigenvalue weighted by atomic mass is 10.0. The Bertz CT molecular complexity index is 409. The molecule has 0 saturated heterocycles. The first-order valence-electron chi connectivity index (χ1n) is 5.33. The molecule has 94 valence electrons. The molecule has 0 aromatic heterocycles. The lowest BCUT2D eigenvalue weighted by Gasteiger charge is -2.18. The molecule has 0 radical (unpaired) electrons. The van der Waals surface area contributed by atoms with Crippen molar-refractivity contribution < 1.29 is 19.0 Å². The van der Waals surface area contributed by atoms with Crippen LogP contribution < -0.4 is 5.73 Å². The Morgan fingerprint density at radius 2 is 2.24 bits per heavy atom. The standard InChI is InChI=1S/C12H16FNO3/c1-3-17-12(16)10(14)11(15)8-4-5-9(13)7(2)6-8/h4-6,10-11,15H,3,14H2,1-2H3. The molecule has 0 heterocycles. The van der Waals surface area contributed by atoms with Crippen LogP contribution in [0, 0.1) is 12.7 Å². The van der Waals surface area contributed by atoms with Crippen LogP contribution in [0.15, 0.2) is 18.2 Å². The number of esters is 1. The molecule has 0 amide bonds. The first-order valence-corrected chi connectivity index (χ1v) is 5.33. The van der Waals surface area contributed by atoms with Gasteiger partial charge in [0, 0.05) is 0 Å². The van der Waals surface area contributed by atoms with Crippen LogP contribution in [0.25, 0.3) is 0 Å². The second kappa shape index (κ2) is 5.75. The molecule has 0 saturated carbocycles. The minimum absolute atomic E-state index is 0.196. The smallest absolute Gasteiger partial charge is 0.325 e. The van der Waals surface area contributed by atoms with Gasteiger partial charge in [0.25, 0.3) is 0 Å². The maximum absolute atomic E-state index is 13.0. The number of nitrogens with two attached hydrogens (primary N) is 1. The van der Waals surface area contributed by atoms with Crippen molar-refractivity contribution in [3.63, 3.8) is 0 Å². The number of ether oxygens (including phenoxy) is 1. The highest BCUT2D eigenvalue weighted by Gasteiger charge is 2.25. The molecule has 2 unspecified atom stereocenters. The third kappa shape index (κ3) is 3.25. The Morgan fingerprint density at radius 3 is 2.76 bits per heavy atom. The summed E-state index contributed by atoms with van der Waals surface area (Å²) in [6.45, 7) is 3.42. The third-order valence-corrected chi connectivity index (χ3v) is 2.42. The topological polar surface area (TPSA) is 72.5 Å². The number of aliphatic hydroxyl groups excluding tert-OH is 1. The van der Waals surface area contributed by atoms with Crippen molar-refractivity contribution in [1.29, 1.82) is 0 Å². The Hall–Kier alpha value is -1.46. The molecule has 0 aliphatic rings. The van der Waals surface area contributed by atoms with E-state index in [9.17, 15) is 14.3 Å². The summed E-state index contributed by atoms with van der Waals surface area (Å²) in [5.41, 5.74) is 6.33. The zero-order valence-corrected chi connectivity index (χ0v) is 9.81. The number of halogens is 1. The number of benzene rings is 1. The molecule has 0 aliphatic carbocycles. The van der Waals surface area contributed by atoms with Gasteiger partial charge in [-0.05, 0) is 31.0 Å². The van der Waals surface area contributed by atoms with E-state index in [1.54, 1.807) is 13.8 Å². The number of aryl methyl sites for hydroxylation is 1. The van der Waals surface area contributed by atoms with Crippen LogP contribution in [0.5, 0.6) is 0 Å². The predicted molar refractivity (Wildman–Crippen MR) is 60.7 cm³/mol. The van der Waals surface area contributed by atoms with Gasteiger partial charge in [-0.1, -0.05) is 12.1 Å².